The van der Waals surface area contributed by atoms with Gasteiger partial charge in [-0.1, -0.05) is 30.3 Å². The average molecular weight is 294 g/mol. The fourth-order valence-corrected chi connectivity index (χ4v) is 1.76. The minimum atomic E-state index is -0.629. The fourth-order valence-electron chi connectivity index (χ4n) is 1.42. The molecule has 1 unspecified atom stereocenters. The summed E-state index contributed by atoms with van der Waals surface area (Å²) in [4.78, 5) is 3.98. The van der Waals surface area contributed by atoms with E-state index in [4.69, 9.17) is 4.74 Å². The predicted molar refractivity (Wildman–Crippen MR) is 68.8 cm³/mol. The first kappa shape index (κ1) is 12.1. The van der Waals surface area contributed by atoms with Crippen LogP contribution in [-0.4, -0.2) is 16.7 Å². The summed E-state index contributed by atoms with van der Waals surface area (Å²) in [5.74, 6) is 0.634. The van der Waals surface area contributed by atoms with Gasteiger partial charge in [0.2, 0.25) is 0 Å². The first-order chi connectivity index (χ1) is 8.25. The lowest BCUT2D eigenvalue weighted by molar-refractivity contribution is 0.108. The molecule has 2 rings (SSSR count). The topological polar surface area (TPSA) is 42.4 Å². The van der Waals surface area contributed by atoms with Crippen molar-refractivity contribution in [2.24, 2.45) is 0 Å². The molecule has 1 N–H and O–H groups in total. The van der Waals surface area contributed by atoms with E-state index in [1.807, 2.05) is 36.4 Å². The van der Waals surface area contributed by atoms with Gasteiger partial charge in [-0.05, 0) is 27.6 Å². The lowest BCUT2D eigenvalue weighted by atomic mass is 10.1. The molecule has 0 bridgehead atoms. The molecule has 0 amide bonds. The first-order valence-electron chi connectivity index (χ1n) is 5.22. The number of pyridine rings is 1. The Balaban J connectivity index is 1.95. The second kappa shape index (κ2) is 5.80. The third-order valence-corrected chi connectivity index (χ3v) is 2.71. The Labute approximate surface area is 108 Å². The van der Waals surface area contributed by atoms with Crippen LogP contribution in [0.5, 0.6) is 5.75 Å². The Hall–Kier alpha value is -1.39. The smallest absolute Gasteiger partial charge is 0.138 e. The highest BCUT2D eigenvalue weighted by Crippen LogP contribution is 2.18. The molecule has 1 heterocycles. The van der Waals surface area contributed by atoms with Crippen LogP contribution in [0.25, 0.3) is 0 Å². The minimum absolute atomic E-state index is 0.210. The van der Waals surface area contributed by atoms with Gasteiger partial charge in [-0.3, -0.25) is 4.98 Å². The lowest BCUT2D eigenvalue weighted by Gasteiger charge is -2.12. The van der Waals surface area contributed by atoms with Crippen LogP contribution in [0.3, 0.4) is 0 Å². The molecule has 0 fully saturated rings. The van der Waals surface area contributed by atoms with Gasteiger partial charge in [0.15, 0.2) is 0 Å². The number of aromatic nitrogens is 1. The molecule has 1 aromatic heterocycles. The molecule has 0 saturated heterocycles. The number of aliphatic hydroxyl groups excluding tert-OH is 1. The van der Waals surface area contributed by atoms with Crippen LogP contribution >= 0.6 is 15.9 Å². The highest BCUT2D eigenvalue weighted by atomic mass is 79.9. The predicted octanol–water partition coefficient (Wildman–Crippen LogP) is 2.96. The number of halogens is 1. The van der Waals surface area contributed by atoms with Gasteiger partial charge in [-0.15, -0.1) is 0 Å². The summed E-state index contributed by atoms with van der Waals surface area (Å²) in [6.45, 7) is 0.210. The number of hydrogen-bond acceptors (Lipinski definition) is 3. The van der Waals surface area contributed by atoms with E-state index < -0.39 is 6.10 Å². The van der Waals surface area contributed by atoms with E-state index in [1.54, 1.807) is 12.4 Å². The molecule has 0 aliphatic rings. The van der Waals surface area contributed by atoms with Crippen LogP contribution < -0.4 is 4.74 Å². The zero-order valence-corrected chi connectivity index (χ0v) is 10.7. The van der Waals surface area contributed by atoms with Crippen molar-refractivity contribution in [2.45, 2.75) is 6.10 Å². The van der Waals surface area contributed by atoms with Gasteiger partial charge in [-0.25, -0.2) is 0 Å². The van der Waals surface area contributed by atoms with Crippen LogP contribution in [0.2, 0.25) is 0 Å². The van der Waals surface area contributed by atoms with Crippen LogP contribution in [0.1, 0.15) is 11.7 Å². The van der Waals surface area contributed by atoms with E-state index in [1.165, 1.54) is 0 Å². The molecule has 1 atom stereocenters. The summed E-state index contributed by atoms with van der Waals surface area (Å²) in [7, 11) is 0. The number of hydrogen-bond donors (Lipinski definition) is 1. The maximum absolute atomic E-state index is 9.89. The Morgan fingerprint density at radius 3 is 2.71 bits per heavy atom. The number of ether oxygens (including phenoxy) is 1. The molecule has 0 saturated carbocycles. The largest absolute Gasteiger partial charge is 0.489 e. The van der Waals surface area contributed by atoms with Gasteiger partial charge >= 0.3 is 0 Å². The van der Waals surface area contributed by atoms with Gasteiger partial charge in [0, 0.05) is 10.7 Å². The van der Waals surface area contributed by atoms with E-state index in [9.17, 15) is 5.11 Å². The number of aliphatic hydroxyl groups is 1. The van der Waals surface area contributed by atoms with Crippen molar-refractivity contribution in [3.63, 3.8) is 0 Å². The zero-order valence-electron chi connectivity index (χ0n) is 9.08. The van der Waals surface area contributed by atoms with Gasteiger partial charge in [0.25, 0.3) is 0 Å². The van der Waals surface area contributed by atoms with E-state index in [-0.39, 0.29) is 6.61 Å². The highest BCUT2D eigenvalue weighted by Gasteiger charge is 2.07. The Kier molecular flexibility index (Phi) is 4.12. The summed E-state index contributed by atoms with van der Waals surface area (Å²) in [5.41, 5.74) is 0.843. The van der Waals surface area contributed by atoms with Crippen molar-refractivity contribution in [1.82, 2.24) is 4.98 Å². The number of nitrogens with zero attached hydrogens (tertiary/aromatic N) is 1. The van der Waals surface area contributed by atoms with Gasteiger partial charge < -0.3 is 9.84 Å². The van der Waals surface area contributed by atoms with Gasteiger partial charge in [-0.2, -0.15) is 0 Å². The Bertz CT molecular complexity index is 476. The summed E-state index contributed by atoms with van der Waals surface area (Å²) in [5, 5.41) is 9.89. The number of benzene rings is 1. The van der Waals surface area contributed by atoms with Crippen LogP contribution in [0.4, 0.5) is 0 Å². The van der Waals surface area contributed by atoms with Crippen molar-refractivity contribution in [2.75, 3.05) is 6.61 Å². The lowest BCUT2D eigenvalue weighted by Crippen LogP contribution is -2.09. The molecule has 17 heavy (non-hydrogen) atoms. The maximum atomic E-state index is 9.89. The monoisotopic (exact) mass is 293 g/mol. The molecule has 2 aromatic rings. The normalized spacial score (nSPS) is 12.1. The number of rotatable bonds is 4. The van der Waals surface area contributed by atoms with Gasteiger partial charge in [0.05, 0.1) is 6.20 Å². The second-order valence-electron chi connectivity index (χ2n) is 3.58. The second-order valence-corrected chi connectivity index (χ2v) is 4.49. The molecule has 3 nitrogen and oxygen atoms in total. The van der Waals surface area contributed by atoms with E-state index in [2.05, 4.69) is 20.9 Å². The Morgan fingerprint density at radius 2 is 2.00 bits per heavy atom. The van der Waals surface area contributed by atoms with E-state index in [0.29, 0.717) is 5.75 Å². The minimum Gasteiger partial charge on any atom is -0.489 e. The third kappa shape index (κ3) is 3.54. The molecule has 4 heteroatoms. The van der Waals surface area contributed by atoms with Crippen molar-refractivity contribution < 1.29 is 9.84 Å². The first-order valence-corrected chi connectivity index (χ1v) is 6.01. The molecular weight excluding hydrogens is 282 g/mol. The molecule has 0 spiro atoms. The SMILES string of the molecule is OC(COc1cncc(Br)c1)c1ccccc1. The van der Waals surface area contributed by atoms with Crippen molar-refractivity contribution in [1.29, 1.82) is 0 Å². The Morgan fingerprint density at radius 1 is 1.24 bits per heavy atom. The molecule has 88 valence electrons. The molecule has 1 aromatic carbocycles. The molecule has 0 aliphatic heterocycles. The van der Waals surface area contributed by atoms with Crippen molar-refractivity contribution >= 4 is 15.9 Å². The fraction of sp³-hybridized carbons (Fsp3) is 0.154. The van der Waals surface area contributed by atoms with Crippen molar-refractivity contribution in [3.8, 4) is 5.75 Å². The summed E-state index contributed by atoms with van der Waals surface area (Å²) in [6, 6.07) is 11.2. The summed E-state index contributed by atoms with van der Waals surface area (Å²) in [6.07, 6.45) is 2.67. The third-order valence-electron chi connectivity index (χ3n) is 2.27. The van der Waals surface area contributed by atoms with E-state index in [0.717, 1.165) is 10.0 Å². The quantitative estimate of drug-likeness (QED) is 0.942. The van der Waals surface area contributed by atoms with Crippen LogP contribution in [0.15, 0.2) is 53.3 Å². The van der Waals surface area contributed by atoms with Crippen LogP contribution in [0, 0.1) is 0 Å². The molecule has 0 aliphatic carbocycles. The van der Waals surface area contributed by atoms with Crippen LogP contribution in [-0.2, 0) is 0 Å². The average Bonchev–Trinajstić information content (AvgIpc) is 2.37. The molecular formula is C13H12BrNO2. The highest BCUT2D eigenvalue weighted by molar-refractivity contribution is 9.10. The zero-order chi connectivity index (χ0) is 12.1. The van der Waals surface area contributed by atoms with Crippen molar-refractivity contribution in [3.05, 3.63) is 58.8 Å². The standard InChI is InChI=1S/C13H12BrNO2/c14-11-6-12(8-15-7-11)17-9-13(16)10-4-2-1-3-5-10/h1-8,13,16H,9H2. The summed E-state index contributed by atoms with van der Waals surface area (Å²) < 4.78 is 6.31. The molecule has 0 radical (unpaired) electrons. The van der Waals surface area contributed by atoms with Gasteiger partial charge in [0.1, 0.15) is 18.5 Å². The summed E-state index contributed by atoms with van der Waals surface area (Å²) >= 11 is 3.31. The van der Waals surface area contributed by atoms with E-state index >= 15 is 0 Å². The maximum Gasteiger partial charge on any atom is 0.138 e.